The Hall–Kier alpha value is -0.0800. The molecule has 0 bridgehead atoms. The Bertz CT molecular complexity index is 170. The summed E-state index contributed by atoms with van der Waals surface area (Å²) in [7, 11) is 2.23. The number of rotatable bonds is 5. The summed E-state index contributed by atoms with van der Waals surface area (Å²) in [5.74, 6) is 0. The normalized spacial score (nSPS) is 32.8. The minimum absolute atomic E-state index is 0.377. The molecule has 2 atom stereocenters. The molecule has 1 rings (SSSR count). The van der Waals surface area contributed by atoms with Crippen molar-refractivity contribution in [2.45, 2.75) is 52.0 Å². The second-order valence-corrected chi connectivity index (χ2v) is 5.24. The van der Waals surface area contributed by atoms with Crippen molar-refractivity contribution in [3.05, 3.63) is 0 Å². The minimum Gasteiger partial charge on any atom is -0.327 e. The summed E-state index contributed by atoms with van der Waals surface area (Å²) in [6.45, 7) is 7.00. The number of nitrogens with two attached hydrogens (primary N) is 1. The summed E-state index contributed by atoms with van der Waals surface area (Å²) in [6, 6.07) is 0.423. The summed E-state index contributed by atoms with van der Waals surface area (Å²) in [6.07, 6.45) is 6.44. The van der Waals surface area contributed by atoms with E-state index in [4.69, 9.17) is 5.73 Å². The number of nitrogens with zero attached hydrogens (tertiary/aromatic N) is 1. The van der Waals surface area contributed by atoms with Crippen molar-refractivity contribution < 1.29 is 0 Å². The zero-order valence-electron chi connectivity index (χ0n) is 10.1. The van der Waals surface area contributed by atoms with Gasteiger partial charge in [-0.25, -0.2) is 0 Å². The number of hydrogen-bond acceptors (Lipinski definition) is 2. The first-order valence-corrected chi connectivity index (χ1v) is 6.02. The molecule has 0 aromatic rings. The number of hydrogen-bond donors (Lipinski definition) is 1. The summed E-state index contributed by atoms with van der Waals surface area (Å²) in [5.41, 5.74) is 6.54. The van der Waals surface area contributed by atoms with E-state index in [0.717, 1.165) is 0 Å². The fourth-order valence-corrected chi connectivity index (χ4v) is 2.58. The van der Waals surface area contributed by atoms with Gasteiger partial charge in [0.2, 0.25) is 0 Å². The van der Waals surface area contributed by atoms with Gasteiger partial charge in [0.25, 0.3) is 0 Å². The van der Waals surface area contributed by atoms with E-state index in [1.54, 1.807) is 0 Å². The van der Waals surface area contributed by atoms with Crippen LogP contribution in [0.5, 0.6) is 0 Å². The van der Waals surface area contributed by atoms with Gasteiger partial charge in [-0.2, -0.15) is 0 Å². The second-order valence-electron chi connectivity index (χ2n) is 5.24. The molecule has 1 aliphatic carbocycles. The van der Waals surface area contributed by atoms with E-state index >= 15 is 0 Å². The van der Waals surface area contributed by atoms with Gasteiger partial charge < -0.3 is 10.6 Å². The molecule has 0 saturated heterocycles. The van der Waals surface area contributed by atoms with E-state index in [1.165, 1.54) is 45.2 Å². The molecule has 0 radical (unpaired) electrons. The summed E-state index contributed by atoms with van der Waals surface area (Å²) < 4.78 is 0. The molecule has 0 amide bonds. The van der Waals surface area contributed by atoms with E-state index in [0.29, 0.717) is 11.5 Å². The Morgan fingerprint density at radius 2 is 2.21 bits per heavy atom. The van der Waals surface area contributed by atoms with Crippen molar-refractivity contribution in [1.82, 2.24) is 4.90 Å². The van der Waals surface area contributed by atoms with Gasteiger partial charge in [0, 0.05) is 12.6 Å². The Balaban J connectivity index is 2.34. The smallest absolute Gasteiger partial charge is 0.0105 e. The Kier molecular flexibility index (Phi) is 4.39. The van der Waals surface area contributed by atoms with Crippen LogP contribution in [0.4, 0.5) is 0 Å². The lowest BCUT2D eigenvalue weighted by Gasteiger charge is -2.33. The van der Waals surface area contributed by atoms with Crippen LogP contribution in [0.15, 0.2) is 0 Å². The highest BCUT2D eigenvalue weighted by Gasteiger charge is 2.36. The minimum atomic E-state index is 0.377. The van der Waals surface area contributed by atoms with Gasteiger partial charge in [0.1, 0.15) is 0 Å². The molecule has 14 heavy (non-hydrogen) atoms. The predicted octanol–water partition coefficient (Wildman–Crippen LogP) is 2.24. The molecule has 1 saturated carbocycles. The van der Waals surface area contributed by atoms with Gasteiger partial charge in [0.15, 0.2) is 0 Å². The van der Waals surface area contributed by atoms with Gasteiger partial charge in [0.05, 0.1) is 0 Å². The van der Waals surface area contributed by atoms with Crippen molar-refractivity contribution in [2.75, 3.05) is 20.1 Å². The lowest BCUT2D eigenvalue weighted by Crippen LogP contribution is -2.43. The van der Waals surface area contributed by atoms with Crippen molar-refractivity contribution in [2.24, 2.45) is 11.1 Å². The molecule has 0 aromatic heterocycles. The maximum Gasteiger partial charge on any atom is 0.0105 e. The summed E-state index contributed by atoms with van der Waals surface area (Å²) in [4.78, 5) is 2.45. The van der Waals surface area contributed by atoms with E-state index < -0.39 is 0 Å². The van der Waals surface area contributed by atoms with Crippen molar-refractivity contribution in [3.63, 3.8) is 0 Å². The average molecular weight is 198 g/mol. The number of unbranched alkanes of at least 4 members (excludes halogenated alkanes) is 1. The molecule has 0 spiro atoms. The molecule has 2 unspecified atom stereocenters. The second kappa shape index (κ2) is 5.13. The van der Waals surface area contributed by atoms with Gasteiger partial charge in [-0.1, -0.05) is 26.7 Å². The first kappa shape index (κ1) is 12.0. The van der Waals surface area contributed by atoms with Gasteiger partial charge >= 0.3 is 0 Å². The van der Waals surface area contributed by atoms with Crippen LogP contribution in [-0.2, 0) is 0 Å². The van der Waals surface area contributed by atoms with Gasteiger partial charge in [-0.15, -0.1) is 0 Å². The zero-order valence-corrected chi connectivity index (χ0v) is 10.1. The van der Waals surface area contributed by atoms with E-state index in [1.807, 2.05) is 0 Å². The van der Waals surface area contributed by atoms with Crippen LogP contribution in [0.3, 0.4) is 0 Å². The Morgan fingerprint density at radius 3 is 2.71 bits per heavy atom. The topological polar surface area (TPSA) is 29.3 Å². The molecule has 2 nitrogen and oxygen atoms in total. The summed E-state index contributed by atoms with van der Waals surface area (Å²) >= 11 is 0. The molecule has 0 heterocycles. The molecular formula is C12H26N2. The molecule has 2 heteroatoms. The molecule has 2 N–H and O–H groups in total. The first-order valence-electron chi connectivity index (χ1n) is 6.02. The first-order chi connectivity index (χ1) is 6.58. The molecule has 1 aliphatic rings. The highest BCUT2D eigenvalue weighted by molar-refractivity contribution is 4.93. The molecule has 0 aromatic carbocycles. The standard InChI is InChI=1S/C12H26N2/c1-4-5-9-14(3)10-12(2)8-6-7-11(12)13/h11H,4-10,13H2,1-3H3. The van der Waals surface area contributed by atoms with E-state index in [9.17, 15) is 0 Å². The highest BCUT2D eigenvalue weighted by Crippen LogP contribution is 2.37. The third-order valence-corrected chi connectivity index (χ3v) is 3.68. The van der Waals surface area contributed by atoms with E-state index in [-0.39, 0.29) is 0 Å². The Morgan fingerprint density at radius 1 is 1.50 bits per heavy atom. The largest absolute Gasteiger partial charge is 0.327 e. The SMILES string of the molecule is CCCCN(C)CC1(C)CCCC1N. The zero-order chi connectivity index (χ0) is 10.6. The predicted molar refractivity (Wildman–Crippen MR) is 62.3 cm³/mol. The summed E-state index contributed by atoms with van der Waals surface area (Å²) in [5, 5.41) is 0. The van der Waals surface area contributed by atoms with Crippen LogP contribution in [0.2, 0.25) is 0 Å². The van der Waals surface area contributed by atoms with Crippen LogP contribution < -0.4 is 5.73 Å². The third kappa shape index (κ3) is 2.96. The maximum absolute atomic E-state index is 6.16. The fraction of sp³-hybridized carbons (Fsp3) is 1.00. The van der Waals surface area contributed by atoms with Crippen LogP contribution in [0, 0.1) is 5.41 Å². The van der Waals surface area contributed by atoms with Crippen LogP contribution >= 0.6 is 0 Å². The molecule has 1 fully saturated rings. The van der Waals surface area contributed by atoms with Crippen molar-refractivity contribution in [1.29, 1.82) is 0 Å². The molecular weight excluding hydrogens is 172 g/mol. The third-order valence-electron chi connectivity index (χ3n) is 3.68. The quantitative estimate of drug-likeness (QED) is 0.734. The van der Waals surface area contributed by atoms with Crippen molar-refractivity contribution in [3.8, 4) is 0 Å². The lowest BCUT2D eigenvalue weighted by molar-refractivity contribution is 0.176. The molecule has 84 valence electrons. The molecule has 0 aliphatic heterocycles. The van der Waals surface area contributed by atoms with Crippen LogP contribution in [0.25, 0.3) is 0 Å². The fourth-order valence-electron chi connectivity index (χ4n) is 2.58. The van der Waals surface area contributed by atoms with Gasteiger partial charge in [-0.3, -0.25) is 0 Å². The lowest BCUT2D eigenvalue weighted by atomic mass is 9.84. The van der Waals surface area contributed by atoms with Crippen LogP contribution in [0.1, 0.15) is 46.0 Å². The van der Waals surface area contributed by atoms with Gasteiger partial charge in [-0.05, 0) is 38.3 Å². The highest BCUT2D eigenvalue weighted by atomic mass is 15.1. The average Bonchev–Trinajstić information content (AvgIpc) is 2.43. The monoisotopic (exact) mass is 198 g/mol. The van der Waals surface area contributed by atoms with Crippen LogP contribution in [-0.4, -0.2) is 31.1 Å². The maximum atomic E-state index is 6.16. The Labute approximate surface area is 88.8 Å². The van der Waals surface area contributed by atoms with Crippen molar-refractivity contribution >= 4 is 0 Å². The van der Waals surface area contributed by atoms with E-state index in [2.05, 4.69) is 25.8 Å².